The molecular formula is C13H15FN2OS. The maximum Gasteiger partial charge on any atom is 0.131 e. The highest BCUT2D eigenvalue weighted by atomic mass is 32.1. The summed E-state index contributed by atoms with van der Waals surface area (Å²) in [4.78, 5) is 4.27. The van der Waals surface area contributed by atoms with E-state index in [4.69, 9.17) is 10.5 Å². The van der Waals surface area contributed by atoms with Crippen molar-refractivity contribution in [3.05, 3.63) is 45.7 Å². The number of aryl methyl sites for hydroxylation is 1. The van der Waals surface area contributed by atoms with E-state index in [9.17, 15) is 4.39 Å². The monoisotopic (exact) mass is 266 g/mol. The van der Waals surface area contributed by atoms with Gasteiger partial charge < -0.3 is 10.5 Å². The highest BCUT2D eigenvalue weighted by Gasteiger charge is 2.08. The van der Waals surface area contributed by atoms with Gasteiger partial charge in [0, 0.05) is 23.1 Å². The lowest BCUT2D eigenvalue weighted by Crippen LogP contribution is -2.07. The molecule has 1 heterocycles. The summed E-state index contributed by atoms with van der Waals surface area (Å²) in [6.45, 7) is 4.03. The Labute approximate surface area is 109 Å². The molecule has 2 N–H and O–H groups in total. The van der Waals surface area contributed by atoms with Crippen molar-refractivity contribution in [2.75, 3.05) is 0 Å². The van der Waals surface area contributed by atoms with Crippen LogP contribution in [0.1, 0.15) is 29.2 Å². The van der Waals surface area contributed by atoms with Crippen molar-refractivity contribution in [3.63, 3.8) is 0 Å². The van der Waals surface area contributed by atoms with Gasteiger partial charge in [-0.15, -0.1) is 11.3 Å². The number of hydrogen-bond donors (Lipinski definition) is 1. The molecule has 0 saturated carbocycles. The van der Waals surface area contributed by atoms with E-state index in [1.54, 1.807) is 30.4 Å². The van der Waals surface area contributed by atoms with Crippen molar-refractivity contribution in [3.8, 4) is 5.75 Å². The van der Waals surface area contributed by atoms with Crippen molar-refractivity contribution in [2.45, 2.75) is 26.5 Å². The zero-order valence-electron chi connectivity index (χ0n) is 10.3. The third kappa shape index (κ3) is 3.05. The predicted octanol–water partition coefficient (Wildman–Crippen LogP) is 3.19. The van der Waals surface area contributed by atoms with E-state index in [2.05, 4.69) is 4.98 Å². The second kappa shape index (κ2) is 5.46. The van der Waals surface area contributed by atoms with Crippen LogP contribution in [0.5, 0.6) is 5.75 Å². The number of nitrogens with zero attached hydrogens (tertiary/aromatic N) is 1. The minimum absolute atomic E-state index is 0.319. The fourth-order valence-corrected chi connectivity index (χ4v) is 2.20. The minimum atomic E-state index is -0.336. The van der Waals surface area contributed by atoms with Gasteiger partial charge >= 0.3 is 0 Å². The summed E-state index contributed by atoms with van der Waals surface area (Å²) in [6, 6.07) is 4.42. The summed E-state index contributed by atoms with van der Waals surface area (Å²) in [6.07, 6.45) is 0. The van der Waals surface area contributed by atoms with Crippen molar-refractivity contribution < 1.29 is 9.13 Å². The van der Waals surface area contributed by atoms with Crippen LogP contribution in [0.15, 0.2) is 23.6 Å². The molecule has 0 unspecified atom stereocenters. The average Bonchev–Trinajstić information content (AvgIpc) is 2.72. The van der Waals surface area contributed by atoms with Crippen LogP contribution >= 0.6 is 11.3 Å². The van der Waals surface area contributed by atoms with Crippen molar-refractivity contribution >= 4 is 11.3 Å². The van der Waals surface area contributed by atoms with Crippen molar-refractivity contribution in [2.24, 2.45) is 5.73 Å². The van der Waals surface area contributed by atoms with Crippen LogP contribution in [0, 0.1) is 12.7 Å². The van der Waals surface area contributed by atoms with Gasteiger partial charge in [0.05, 0.1) is 10.7 Å². The fourth-order valence-electron chi connectivity index (χ4n) is 1.60. The molecule has 1 atom stereocenters. The molecule has 0 aliphatic rings. The van der Waals surface area contributed by atoms with Gasteiger partial charge in [-0.1, -0.05) is 6.07 Å². The van der Waals surface area contributed by atoms with Crippen molar-refractivity contribution in [1.29, 1.82) is 0 Å². The molecule has 0 aliphatic heterocycles. The van der Waals surface area contributed by atoms with Crippen LogP contribution in [0.4, 0.5) is 4.39 Å². The highest BCUT2D eigenvalue weighted by molar-refractivity contribution is 7.09. The van der Waals surface area contributed by atoms with Gasteiger partial charge in [-0.2, -0.15) is 0 Å². The summed E-state index contributed by atoms with van der Waals surface area (Å²) < 4.78 is 19.1. The van der Waals surface area contributed by atoms with Gasteiger partial charge in [-0.25, -0.2) is 9.37 Å². The molecule has 3 nitrogen and oxygen atoms in total. The topological polar surface area (TPSA) is 48.1 Å². The maximum atomic E-state index is 13.7. The Morgan fingerprint density at radius 1 is 1.50 bits per heavy atom. The summed E-state index contributed by atoms with van der Waals surface area (Å²) in [7, 11) is 0. The first kappa shape index (κ1) is 13.0. The maximum absolute atomic E-state index is 13.7. The van der Waals surface area contributed by atoms with Crippen LogP contribution in [-0.4, -0.2) is 4.98 Å². The van der Waals surface area contributed by atoms with E-state index < -0.39 is 0 Å². The standard InChI is InChI=1S/C13H15FN2OS/c1-8(15)12-4-3-11(5-13(12)14)17-6-10-7-18-9(2)16-10/h3-5,7-8H,6,15H2,1-2H3/t8-/m0/s1. The molecule has 1 aromatic carbocycles. The fraction of sp³-hybridized carbons (Fsp3) is 0.308. The normalized spacial score (nSPS) is 12.4. The summed E-state index contributed by atoms with van der Waals surface area (Å²) >= 11 is 1.57. The van der Waals surface area contributed by atoms with E-state index in [1.165, 1.54) is 6.07 Å². The molecule has 1 aromatic heterocycles. The molecule has 0 fully saturated rings. The molecule has 18 heavy (non-hydrogen) atoms. The van der Waals surface area contributed by atoms with Crippen LogP contribution in [0.25, 0.3) is 0 Å². The van der Waals surface area contributed by atoms with Crippen LogP contribution < -0.4 is 10.5 Å². The number of hydrogen-bond acceptors (Lipinski definition) is 4. The van der Waals surface area contributed by atoms with Gasteiger partial charge in [0.1, 0.15) is 18.2 Å². The average molecular weight is 266 g/mol. The number of benzene rings is 1. The van der Waals surface area contributed by atoms with Gasteiger partial charge in [0.2, 0.25) is 0 Å². The lowest BCUT2D eigenvalue weighted by Gasteiger charge is -2.09. The summed E-state index contributed by atoms with van der Waals surface area (Å²) in [5.41, 5.74) is 6.99. The van der Waals surface area contributed by atoms with Crippen LogP contribution in [-0.2, 0) is 6.61 Å². The lowest BCUT2D eigenvalue weighted by molar-refractivity contribution is 0.300. The van der Waals surface area contributed by atoms with E-state index in [-0.39, 0.29) is 11.9 Å². The third-order valence-corrected chi connectivity index (χ3v) is 3.34. The Bertz CT molecular complexity index is 540. The molecule has 5 heteroatoms. The Morgan fingerprint density at radius 3 is 2.83 bits per heavy atom. The molecule has 0 spiro atoms. The smallest absolute Gasteiger partial charge is 0.131 e. The number of ether oxygens (including phenoxy) is 1. The first-order valence-corrected chi connectivity index (χ1v) is 6.53. The van der Waals surface area contributed by atoms with Crippen LogP contribution in [0.2, 0.25) is 0 Å². The van der Waals surface area contributed by atoms with Gasteiger partial charge in [0.25, 0.3) is 0 Å². The highest BCUT2D eigenvalue weighted by Crippen LogP contribution is 2.21. The van der Waals surface area contributed by atoms with Crippen LogP contribution in [0.3, 0.4) is 0 Å². The molecule has 0 radical (unpaired) electrons. The molecular weight excluding hydrogens is 251 g/mol. The Morgan fingerprint density at radius 2 is 2.28 bits per heavy atom. The third-order valence-electron chi connectivity index (χ3n) is 2.52. The largest absolute Gasteiger partial charge is 0.487 e. The van der Waals surface area contributed by atoms with Gasteiger partial charge in [-0.3, -0.25) is 0 Å². The molecule has 0 amide bonds. The molecule has 0 saturated heterocycles. The summed E-state index contributed by atoms with van der Waals surface area (Å²) in [5, 5.41) is 2.93. The van der Waals surface area contributed by atoms with E-state index >= 15 is 0 Å². The molecule has 0 aliphatic carbocycles. The summed E-state index contributed by atoms with van der Waals surface area (Å²) in [5.74, 6) is 0.152. The SMILES string of the molecule is Cc1nc(COc2ccc([C@H](C)N)c(F)c2)cs1. The van der Waals surface area contributed by atoms with Gasteiger partial charge in [0.15, 0.2) is 0 Å². The zero-order valence-corrected chi connectivity index (χ0v) is 11.1. The minimum Gasteiger partial charge on any atom is -0.487 e. The second-order valence-corrected chi connectivity index (χ2v) is 5.18. The number of rotatable bonds is 4. The van der Waals surface area contributed by atoms with E-state index in [0.29, 0.717) is 17.9 Å². The Balaban J connectivity index is 2.04. The number of thiazole rings is 1. The van der Waals surface area contributed by atoms with E-state index in [0.717, 1.165) is 10.7 Å². The molecule has 96 valence electrons. The van der Waals surface area contributed by atoms with Gasteiger partial charge in [-0.05, 0) is 19.9 Å². The number of nitrogens with two attached hydrogens (primary N) is 1. The molecule has 2 rings (SSSR count). The van der Waals surface area contributed by atoms with E-state index in [1.807, 2.05) is 12.3 Å². The van der Waals surface area contributed by atoms with Crippen molar-refractivity contribution in [1.82, 2.24) is 4.98 Å². The predicted molar refractivity (Wildman–Crippen MR) is 70.2 cm³/mol. The lowest BCUT2D eigenvalue weighted by atomic mass is 10.1. The molecule has 0 bridgehead atoms. The first-order valence-electron chi connectivity index (χ1n) is 5.65. The first-order chi connectivity index (χ1) is 8.56. The number of halogens is 1. The quantitative estimate of drug-likeness (QED) is 0.924. The number of aromatic nitrogens is 1. The zero-order chi connectivity index (χ0) is 13.1. The Kier molecular flexibility index (Phi) is 3.93. The second-order valence-electron chi connectivity index (χ2n) is 4.12. The molecule has 2 aromatic rings. The Hall–Kier alpha value is -1.46.